The molecule has 1 amide bonds. The van der Waals surface area contributed by atoms with E-state index in [4.69, 9.17) is 10.5 Å². The van der Waals surface area contributed by atoms with Gasteiger partial charge >= 0.3 is 0 Å². The molecule has 94 valence electrons. The molecule has 0 bridgehead atoms. The summed E-state index contributed by atoms with van der Waals surface area (Å²) in [4.78, 5) is 13.8. The van der Waals surface area contributed by atoms with Crippen molar-refractivity contribution in [3.63, 3.8) is 0 Å². The number of halogens is 1. The lowest BCUT2D eigenvalue weighted by Gasteiger charge is -2.44. The van der Waals surface area contributed by atoms with E-state index >= 15 is 0 Å². The van der Waals surface area contributed by atoms with Crippen LogP contribution in [0.5, 0.6) is 0 Å². The van der Waals surface area contributed by atoms with Gasteiger partial charge in [-0.3, -0.25) is 4.79 Å². The number of nitrogens with two attached hydrogens (primary N) is 1. The van der Waals surface area contributed by atoms with Gasteiger partial charge in [-0.1, -0.05) is 12.8 Å². The van der Waals surface area contributed by atoms with Crippen molar-refractivity contribution in [1.29, 1.82) is 0 Å². The van der Waals surface area contributed by atoms with Crippen LogP contribution in [-0.4, -0.2) is 42.1 Å². The number of carbonyl (C=O) groups is 1. The smallest absolute Gasteiger partial charge is 0.239 e. The van der Waals surface area contributed by atoms with Gasteiger partial charge in [0.05, 0.1) is 24.8 Å². The van der Waals surface area contributed by atoms with Crippen molar-refractivity contribution < 1.29 is 9.53 Å². The fraction of sp³-hybridized carbons (Fsp3) is 0.909. The van der Waals surface area contributed by atoms with Crippen molar-refractivity contribution in [2.45, 2.75) is 50.8 Å². The molecule has 1 heterocycles. The Morgan fingerprint density at radius 3 is 2.81 bits per heavy atom. The number of hydrogen-bond donors (Lipinski definition) is 1. The maximum absolute atomic E-state index is 11.9. The minimum atomic E-state index is -0.384. The summed E-state index contributed by atoms with van der Waals surface area (Å²) in [5.74, 6) is 0.0789. The first-order valence-electron chi connectivity index (χ1n) is 5.88. The number of ether oxygens (including phenoxy) is 1. The molecule has 2 unspecified atom stereocenters. The molecule has 0 radical (unpaired) electrons. The van der Waals surface area contributed by atoms with Crippen LogP contribution in [0.4, 0.5) is 0 Å². The van der Waals surface area contributed by atoms with Gasteiger partial charge < -0.3 is 15.4 Å². The van der Waals surface area contributed by atoms with Gasteiger partial charge in [0.1, 0.15) is 0 Å². The number of fused-ring (bicyclic) bond motifs is 1. The predicted octanol–water partition coefficient (Wildman–Crippen LogP) is 0.925. The zero-order valence-electron chi connectivity index (χ0n) is 9.72. The predicted molar refractivity (Wildman–Crippen MR) is 64.6 cm³/mol. The highest BCUT2D eigenvalue weighted by Crippen LogP contribution is 2.28. The second-order valence-electron chi connectivity index (χ2n) is 4.58. The molecule has 1 saturated heterocycles. The zero-order valence-corrected chi connectivity index (χ0v) is 10.5. The molecule has 0 aromatic rings. The van der Waals surface area contributed by atoms with Gasteiger partial charge in [-0.25, -0.2) is 0 Å². The summed E-state index contributed by atoms with van der Waals surface area (Å²) < 4.78 is 5.71. The van der Waals surface area contributed by atoms with Crippen LogP contribution in [0.2, 0.25) is 0 Å². The summed E-state index contributed by atoms with van der Waals surface area (Å²) in [6.07, 6.45) is 4.85. The Morgan fingerprint density at radius 2 is 2.12 bits per heavy atom. The van der Waals surface area contributed by atoms with Crippen LogP contribution in [0.25, 0.3) is 0 Å². The molecular formula is C11H21ClN2O2. The second kappa shape index (κ2) is 5.84. The highest BCUT2D eigenvalue weighted by Gasteiger charge is 2.37. The normalized spacial score (nSPS) is 31.2. The molecule has 2 aliphatic rings. The van der Waals surface area contributed by atoms with Crippen LogP contribution in [-0.2, 0) is 9.53 Å². The average molecular weight is 249 g/mol. The van der Waals surface area contributed by atoms with Crippen LogP contribution >= 0.6 is 12.4 Å². The minimum Gasteiger partial charge on any atom is -0.374 e. The lowest BCUT2D eigenvalue weighted by atomic mass is 9.90. The van der Waals surface area contributed by atoms with Gasteiger partial charge in [-0.05, 0) is 19.8 Å². The number of morpholine rings is 1. The average Bonchev–Trinajstić information content (AvgIpc) is 2.27. The molecule has 1 saturated carbocycles. The molecule has 2 rings (SSSR count). The summed E-state index contributed by atoms with van der Waals surface area (Å²) in [5, 5.41) is 0. The van der Waals surface area contributed by atoms with Gasteiger partial charge in [0.15, 0.2) is 0 Å². The van der Waals surface area contributed by atoms with Crippen LogP contribution in [0.3, 0.4) is 0 Å². The third-order valence-corrected chi connectivity index (χ3v) is 3.40. The molecule has 0 aromatic carbocycles. The molecule has 2 fully saturated rings. The first kappa shape index (κ1) is 13.7. The summed E-state index contributed by atoms with van der Waals surface area (Å²) in [5.41, 5.74) is 5.66. The summed E-state index contributed by atoms with van der Waals surface area (Å²) in [6.45, 7) is 3.14. The lowest BCUT2D eigenvalue weighted by molar-refractivity contribution is -0.150. The van der Waals surface area contributed by atoms with Crippen molar-refractivity contribution in [2.24, 2.45) is 5.73 Å². The van der Waals surface area contributed by atoms with E-state index in [1.807, 2.05) is 4.90 Å². The number of rotatable bonds is 1. The van der Waals surface area contributed by atoms with Crippen LogP contribution in [0.1, 0.15) is 32.6 Å². The van der Waals surface area contributed by atoms with E-state index in [1.165, 1.54) is 12.8 Å². The van der Waals surface area contributed by atoms with E-state index in [1.54, 1.807) is 6.92 Å². The maximum Gasteiger partial charge on any atom is 0.239 e. The van der Waals surface area contributed by atoms with E-state index in [-0.39, 0.29) is 36.5 Å². The molecular weight excluding hydrogens is 228 g/mol. The Balaban J connectivity index is 0.00000128. The second-order valence-corrected chi connectivity index (χ2v) is 4.58. The summed E-state index contributed by atoms with van der Waals surface area (Å²) in [7, 11) is 0. The quantitative estimate of drug-likeness (QED) is 0.751. The fourth-order valence-electron chi connectivity index (χ4n) is 2.63. The highest BCUT2D eigenvalue weighted by atomic mass is 35.5. The minimum absolute atomic E-state index is 0. The van der Waals surface area contributed by atoms with Gasteiger partial charge in [0.25, 0.3) is 0 Å². The molecule has 0 aromatic heterocycles. The number of hydrogen-bond acceptors (Lipinski definition) is 3. The highest BCUT2D eigenvalue weighted by molar-refractivity contribution is 5.85. The van der Waals surface area contributed by atoms with E-state index in [2.05, 4.69) is 0 Å². The van der Waals surface area contributed by atoms with Crippen molar-refractivity contribution in [2.75, 3.05) is 13.2 Å². The molecule has 1 aliphatic carbocycles. The van der Waals surface area contributed by atoms with Crippen LogP contribution in [0.15, 0.2) is 0 Å². The van der Waals surface area contributed by atoms with E-state index < -0.39 is 0 Å². The monoisotopic (exact) mass is 248 g/mol. The van der Waals surface area contributed by atoms with Crippen molar-refractivity contribution in [3.8, 4) is 0 Å². The zero-order chi connectivity index (χ0) is 10.8. The Kier molecular flexibility index (Phi) is 5.02. The lowest BCUT2D eigenvalue weighted by Crippen LogP contribution is -2.57. The Bertz CT molecular complexity index is 246. The van der Waals surface area contributed by atoms with E-state index in [0.717, 1.165) is 12.8 Å². The SMILES string of the molecule is C[C@@H](N)C(=O)N1CCOC2CCCCC21.Cl. The first-order valence-corrected chi connectivity index (χ1v) is 5.88. The van der Waals surface area contributed by atoms with Crippen molar-refractivity contribution in [1.82, 2.24) is 4.90 Å². The fourth-order valence-corrected chi connectivity index (χ4v) is 2.63. The third kappa shape index (κ3) is 2.67. The molecule has 4 nitrogen and oxygen atoms in total. The third-order valence-electron chi connectivity index (χ3n) is 3.40. The standard InChI is InChI=1S/C11H20N2O2.ClH/c1-8(12)11(14)13-6-7-15-10-5-3-2-4-9(10)13;/h8-10H,2-7,12H2,1H3;1H/t8-,9?,10?;/m1./s1. The van der Waals surface area contributed by atoms with Crippen LogP contribution in [0, 0.1) is 0 Å². The van der Waals surface area contributed by atoms with Crippen LogP contribution < -0.4 is 5.73 Å². The van der Waals surface area contributed by atoms with Gasteiger partial charge in [-0.15, -0.1) is 12.4 Å². The maximum atomic E-state index is 11.9. The molecule has 0 spiro atoms. The Morgan fingerprint density at radius 1 is 1.44 bits per heavy atom. The first-order chi connectivity index (χ1) is 7.20. The summed E-state index contributed by atoms with van der Waals surface area (Å²) >= 11 is 0. The molecule has 1 aliphatic heterocycles. The van der Waals surface area contributed by atoms with Gasteiger partial charge in [-0.2, -0.15) is 0 Å². The van der Waals surface area contributed by atoms with Crippen molar-refractivity contribution in [3.05, 3.63) is 0 Å². The topological polar surface area (TPSA) is 55.6 Å². The van der Waals surface area contributed by atoms with Gasteiger partial charge in [0.2, 0.25) is 5.91 Å². The Hall–Kier alpha value is -0.320. The van der Waals surface area contributed by atoms with E-state index in [9.17, 15) is 4.79 Å². The van der Waals surface area contributed by atoms with Gasteiger partial charge in [0, 0.05) is 6.54 Å². The van der Waals surface area contributed by atoms with E-state index in [0.29, 0.717) is 13.2 Å². The Labute approximate surface area is 103 Å². The largest absolute Gasteiger partial charge is 0.374 e. The number of amides is 1. The molecule has 2 N–H and O–H groups in total. The number of carbonyl (C=O) groups excluding carboxylic acids is 1. The molecule has 16 heavy (non-hydrogen) atoms. The number of nitrogens with zero attached hydrogens (tertiary/aromatic N) is 1. The molecule has 5 heteroatoms. The summed E-state index contributed by atoms with van der Waals surface area (Å²) in [6, 6.07) is -0.100. The van der Waals surface area contributed by atoms with Crippen molar-refractivity contribution >= 4 is 18.3 Å². The molecule has 3 atom stereocenters.